The van der Waals surface area contributed by atoms with Gasteiger partial charge in [0.05, 0.1) is 28.4 Å². The van der Waals surface area contributed by atoms with Crippen molar-refractivity contribution in [2.45, 2.75) is 6.54 Å². The molecule has 128 valence electrons. The first-order chi connectivity index (χ1) is 12.0. The molecule has 0 unspecified atom stereocenters. The second kappa shape index (κ2) is 7.21. The Labute approximate surface area is 152 Å². The van der Waals surface area contributed by atoms with E-state index in [2.05, 4.69) is 10.4 Å². The number of halogens is 4. The Bertz CT molecular complexity index is 943. The number of rotatable bonds is 4. The van der Waals surface area contributed by atoms with Gasteiger partial charge in [0.25, 0.3) is 5.91 Å². The number of benzene rings is 2. The van der Waals surface area contributed by atoms with E-state index >= 15 is 0 Å². The standard InChI is InChI=1S/C17H11Cl2F2N3O/c18-13-3-1-2-10(16(13)19)9-24-15(6-7-22-24)23-17(25)12-5-4-11(20)8-14(12)21/h1-8H,9H2,(H,23,25). The molecule has 1 amide bonds. The van der Waals surface area contributed by atoms with Gasteiger partial charge in [-0.15, -0.1) is 0 Å². The van der Waals surface area contributed by atoms with Crippen LogP contribution in [0.5, 0.6) is 0 Å². The van der Waals surface area contributed by atoms with Gasteiger partial charge in [0.1, 0.15) is 17.5 Å². The topological polar surface area (TPSA) is 46.9 Å². The lowest BCUT2D eigenvalue weighted by molar-refractivity contribution is 0.102. The summed E-state index contributed by atoms with van der Waals surface area (Å²) < 4.78 is 28.2. The van der Waals surface area contributed by atoms with E-state index in [1.807, 2.05) is 0 Å². The van der Waals surface area contributed by atoms with Crippen LogP contribution < -0.4 is 5.32 Å². The predicted octanol–water partition coefficient (Wildman–Crippen LogP) is 4.77. The first-order valence-corrected chi connectivity index (χ1v) is 7.92. The lowest BCUT2D eigenvalue weighted by Crippen LogP contribution is -2.17. The van der Waals surface area contributed by atoms with Gasteiger partial charge in [-0.3, -0.25) is 4.79 Å². The lowest BCUT2D eigenvalue weighted by Gasteiger charge is -2.11. The number of hydrogen-bond donors (Lipinski definition) is 1. The van der Waals surface area contributed by atoms with Crippen molar-refractivity contribution in [3.63, 3.8) is 0 Å². The Morgan fingerprint density at radius 3 is 2.72 bits per heavy atom. The summed E-state index contributed by atoms with van der Waals surface area (Å²) in [5.74, 6) is -2.07. The summed E-state index contributed by atoms with van der Waals surface area (Å²) in [7, 11) is 0. The molecule has 1 N–H and O–H groups in total. The molecule has 2 aromatic carbocycles. The summed E-state index contributed by atoms with van der Waals surface area (Å²) in [4.78, 5) is 12.2. The van der Waals surface area contributed by atoms with Gasteiger partial charge in [0.15, 0.2) is 0 Å². The predicted molar refractivity (Wildman–Crippen MR) is 92.1 cm³/mol. The average molecular weight is 382 g/mol. The second-order valence-corrected chi connectivity index (χ2v) is 5.95. The molecule has 3 rings (SSSR count). The third kappa shape index (κ3) is 3.81. The first kappa shape index (κ1) is 17.4. The fraction of sp³-hybridized carbons (Fsp3) is 0.0588. The first-order valence-electron chi connectivity index (χ1n) is 7.17. The maximum Gasteiger partial charge on any atom is 0.259 e. The van der Waals surface area contributed by atoms with E-state index in [0.29, 0.717) is 27.5 Å². The van der Waals surface area contributed by atoms with E-state index in [9.17, 15) is 13.6 Å². The van der Waals surface area contributed by atoms with Crippen LogP contribution in [-0.2, 0) is 6.54 Å². The number of hydrogen-bond acceptors (Lipinski definition) is 2. The van der Waals surface area contributed by atoms with Crippen molar-refractivity contribution in [1.29, 1.82) is 0 Å². The van der Waals surface area contributed by atoms with E-state index in [4.69, 9.17) is 23.2 Å². The van der Waals surface area contributed by atoms with Crippen molar-refractivity contribution in [3.05, 3.63) is 81.5 Å². The van der Waals surface area contributed by atoms with E-state index in [0.717, 1.165) is 12.1 Å². The molecule has 0 saturated heterocycles. The van der Waals surface area contributed by atoms with Gasteiger partial charge in [-0.05, 0) is 23.8 Å². The highest BCUT2D eigenvalue weighted by molar-refractivity contribution is 6.42. The molecule has 0 bridgehead atoms. The van der Waals surface area contributed by atoms with Crippen molar-refractivity contribution >= 4 is 34.9 Å². The highest BCUT2D eigenvalue weighted by Crippen LogP contribution is 2.26. The van der Waals surface area contributed by atoms with Crippen molar-refractivity contribution in [3.8, 4) is 0 Å². The maximum absolute atomic E-state index is 13.7. The summed E-state index contributed by atoms with van der Waals surface area (Å²) in [5.41, 5.74) is 0.441. The van der Waals surface area contributed by atoms with Gasteiger partial charge in [-0.1, -0.05) is 35.3 Å². The fourth-order valence-electron chi connectivity index (χ4n) is 2.25. The third-order valence-corrected chi connectivity index (χ3v) is 4.34. The van der Waals surface area contributed by atoms with Gasteiger partial charge in [-0.25, -0.2) is 13.5 Å². The van der Waals surface area contributed by atoms with Crippen LogP contribution in [0, 0.1) is 11.6 Å². The Hall–Kier alpha value is -2.44. The number of carbonyl (C=O) groups is 1. The van der Waals surface area contributed by atoms with E-state index in [1.165, 1.54) is 10.9 Å². The molecule has 0 fully saturated rings. The van der Waals surface area contributed by atoms with E-state index < -0.39 is 17.5 Å². The minimum atomic E-state index is -0.943. The Kier molecular flexibility index (Phi) is 5.01. The molecule has 4 nitrogen and oxygen atoms in total. The molecule has 0 radical (unpaired) electrons. The summed E-state index contributed by atoms with van der Waals surface area (Å²) >= 11 is 12.1. The number of aromatic nitrogens is 2. The summed E-state index contributed by atoms with van der Waals surface area (Å²) in [6.45, 7) is 0.258. The molecule has 3 aromatic rings. The Balaban J connectivity index is 1.82. The molecule has 0 saturated carbocycles. The molecule has 1 heterocycles. The zero-order chi connectivity index (χ0) is 18.0. The molecule has 0 spiro atoms. The molecule has 0 aliphatic heterocycles. The summed E-state index contributed by atoms with van der Waals surface area (Å²) in [6.07, 6.45) is 1.48. The van der Waals surface area contributed by atoms with Crippen LogP contribution in [-0.4, -0.2) is 15.7 Å². The third-order valence-electron chi connectivity index (χ3n) is 3.49. The molecule has 25 heavy (non-hydrogen) atoms. The largest absolute Gasteiger partial charge is 0.307 e. The quantitative estimate of drug-likeness (QED) is 0.707. The van der Waals surface area contributed by atoms with Gasteiger partial charge in [0, 0.05) is 12.1 Å². The SMILES string of the molecule is O=C(Nc1ccnn1Cc1cccc(Cl)c1Cl)c1ccc(F)cc1F. The number of nitrogens with one attached hydrogen (secondary N) is 1. The maximum atomic E-state index is 13.7. The zero-order valence-corrected chi connectivity index (χ0v) is 14.2. The minimum Gasteiger partial charge on any atom is -0.307 e. The Morgan fingerprint density at radius 1 is 1.16 bits per heavy atom. The van der Waals surface area contributed by atoms with Gasteiger partial charge >= 0.3 is 0 Å². The molecule has 0 aliphatic carbocycles. The average Bonchev–Trinajstić information content (AvgIpc) is 2.98. The van der Waals surface area contributed by atoms with Crippen LogP contribution in [0.15, 0.2) is 48.7 Å². The number of anilines is 1. The molecule has 0 atom stereocenters. The number of amides is 1. The van der Waals surface area contributed by atoms with Crippen molar-refractivity contribution in [2.24, 2.45) is 0 Å². The molecule has 1 aromatic heterocycles. The Morgan fingerprint density at radius 2 is 1.96 bits per heavy atom. The molecule has 0 aliphatic rings. The van der Waals surface area contributed by atoms with Gasteiger partial charge < -0.3 is 5.32 Å². The van der Waals surface area contributed by atoms with Crippen LogP contribution in [0.25, 0.3) is 0 Å². The smallest absolute Gasteiger partial charge is 0.259 e. The molecular weight excluding hydrogens is 371 g/mol. The van der Waals surface area contributed by atoms with Crippen LogP contribution in [0.2, 0.25) is 10.0 Å². The van der Waals surface area contributed by atoms with E-state index in [1.54, 1.807) is 24.3 Å². The van der Waals surface area contributed by atoms with Crippen molar-refractivity contribution in [1.82, 2.24) is 9.78 Å². The number of carbonyl (C=O) groups excluding carboxylic acids is 1. The zero-order valence-electron chi connectivity index (χ0n) is 12.6. The highest BCUT2D eigenvalue weighted by Gasteiger charge is 2.15. The summed E-state index contributed by atoms with van der Waals surface area (Å²) in [6, 6.07) is 9.49. The minimum absolute atomic E-state index is 0.258. The number of nitrogens with zero attached hydrogens (tertiary/aromatic N) is 2. The molecular formula is C17H11Cl2F2N3O. The van der Waals surface area contributed by atoms with Crippen molar-refractivity contribution < 1.29 is 13.6 Å². The summed E-state index contributed by atoms with van der Waals surface area (Å²) in [5, 5.41) is 7.45. The van der Waals surface area contributed by atoms with Crippen LogP contribution >= 0.6 is 23.2 Å². The van der Waals surface area contributed by atoms with Gasteiger partial charge in [-0.2, -0.15) is 5.10 Å². The van der Waals surface area contributed by atoms with Crippen molar-refractivity contribution in [2.75, 3.05) is 5.32 Å². The van der Waals surface area contributed by atoms with E-state index in [-0.39, 0.29) is 12.1 Å². The van der Waals surface area contributed by atoms with Gasteiger partial charge in [0.2, 0.25) is 0 Å². The second-order valence-electron chi connectivity index (χ2n) is 5.17. The fourth-order valence-corrected chi connectivity index (χ4v) is 2.63. The molecule has 8 heteroatoms. The normalized spacial score (nSPS) is 10.7. The monoisotopic (exact) mass is 381 g/mol. The van der Waals surface area contributed by atoms with Crippen LogP contribution in [0.3, 0.4) is 0 Å². The highest BCUT2D eigenvalue weighted by atomic mass is 35.5. The lowest BCUT2D eigenvalue weighted by atomic mass is 10.2. The van der Waals surface area contributed by atoms with Crippen LogP contribution in [0.1, 0.15) is 15.9 Å². The van der Waals surface area contributed by atoms with Crippen LogP contribution in [0.4, 0.5) is 14.6 Å².